The first kappa shape index (κ1) is 16.2. The molecule has 0 aliphatic rings. The van der Waals surface area contributed by atoms with Gasteiger partial charge in [0, 0.05) is 24.1 Å². The molecule has 1 aromatic rings. The molecule has 0 bridgehead atoms. The Morgan fingerprint density at radius 2 is 2.11 bits per heavy atom. The van der Waals surface area contributed by atoms with Crippen molar-refractivity contribution in [3.05, 3.63) is 33.8 Å². The van der Waals surface area contributed by atoms with Crippen LogP contribution in [0, 0.1) is 6.92 Å². The SMILES string of the molecule is C/C(Cl)=C\COc1cc(C)c(OCCCO)c(Cl)c1. The molecule has 0 atom stereocenters. The van der Waals surface area contributed by atoms with Crippen LogP contribution in [0.5, 0.6) is 11.5 Å². The molecule has 1 rings (SSSR count). The summed E-state index contributed by atoms with van der Waals surface area (Å²) in [6.07, 6.45) is 2.35. The summed E-state index contributed by atoms with van der Waals surface area (Å²) >= 11 is 11.9. The van der Waals surface area contributed by atoms with Crippen molar-refractivity contribution < 1.29 is 14.6 Å². The highest BCUT2D eigenvalue weighted by Crippen LogP contribution is 2.33. The Morgan fingerprint density at radius 3 is 2.68 bits per heavy atom. The Bertz CT molecular complexity index is 417. The van der Waals surface area contributed by atoms with Crippen molar-refractivity contribution in [2.24, 2.45) is 0 Å². The molecule has 0 aromatic heterocycles. The number of allylic oxidation sites excluding steroid dienone is 1. The van der Waals surface area contributed by atoms with Gasteiger partial charge in [0.2, 0.25) is 0 Å². The van der Waals surface area contributed by atoms with Crippen molar-refractivity contribution >= 4 is 23.2 Å². The molecule has 1 N–H and O–H groups in total. The van der Waals surface area contributed by atoms with Crippen molar-refractivity contribution in [3.8, 4) is 11.5 Å². The normalized spacial score (nSPS) is 11.5. The van der Waals surface area contributed by atoms with E-state index in [1.165, 1.54) is 0 Å². The fourth-order valence-corrected chi connectivity index (χ4v) is 1.83. The zero-order valence-electron chi connectivity index (χ0n) is 11.1. The first-order valence-electron chi connectivity index (χ1n) is 6.03. The second kappa shape index (κ2) is 8.31. The lowest BCUT2D eigenvalue weighted by Crippen LogP contribution is -2.02. The van der Waals surface area contributed by atoms with Crippen LogP contribution in [0.3, 0.4) is 0 Å². The van der Waals surface area contributed by atoms with Crippen LogP contribution >= 0.6 is 23.2 Å². The molecule has 0 spiro atoms. The number of hydrogen-bond acceptors (Lipinski definition) is 3. The maximum atomic E-state index is 8.72. The van der Waals surface area contributed by atoms with E-state index in [1.807, 2.05) is 13.0 Å². The molecule has 0 unspecified atom stereocenters. The second-order valence-electron chi connectivity index (χ2n) is 4.08. The van der Waals surface area contributed by atoms with E-state index in [2.05, 4.69) is 0 Å². The number of halogens is 2. The van der Waals surface area contributed by atoms with Crippen LogP contribution in [0.4, 0.5) is 0 Å². The quantitative estimate of drug-likeness (QED) is 0.776. The summed E-state index contributed by atoms with van der Waals surface area (Å²) in [5.74, 6) is 1.30. The van der Waals surface area contributed by atoms with Gasteiger partial charge in [0.25, 0.3) is 0 Å². The predicted octanol–water partition coefficient (Wildman–Crippen LogP) is 3.93. The van der Waals surface area contributed by atoms with E-state index in [4.69, 9.17) is 37.8 Å². The Labute approximate surface area is 123 Å². The number of aryl methyl sites for hydroxylation is 1. The molecular formula is C14H18Cl2O3. The molecule has 0 amide bonds. The van der Waals surface area contributed by atoms with E-state index < -0.39 is 0 Å². The third kappa shape index (κ3) is 5.72. The van der Waals surface area contributed by atoms with Crippen molar-refractivity contribution in [1.82, 2.24) is 0 Å². The number of benzene rings is 1. The highest BCUT2D eigenvalue weighted by molar-refractivity contribution is 6.32. The van der Waals surface area contributed by atoms with Crippen LogP contribution < -0.4 is 9.47 Å². The van der Waals surface area contributed by atoms with Gasteiger partial charge >= 0.3 is 0 Å². The Morgan fingerprint density at radius 1 is 1.37 bits per heavy atom. The van der Waals surface area contributed by atoms with E-state index in [-0.39, 0.29) is 6.61 Å². The summed E-state index contributed by atoms with van der Waals surface area (Å²) in [5, 5.41) is 9.91. The molecule has 5 heteroatoms. The van der Waals surface area contributed by atoms with Gasteiger partial charge in [0.05, 0.1) is 11.6 Å². The average Bonchev–Trinajstić information content (AvgIpc) is 2.32. The predicted molar refractivity (Wildman–Crippen MR) is 78.5 cm³/mol. The fourth-order valence-electron chi connectivity index (χ4n) is 1.46. The maximum absolute atomic E-state index is 8.72. The minimum absolute atomic E-state index is 0.0992. The van der Waals surface area contributed by atoms with Gasteiger partial charge in [-0.2, -0.15) is 0 Å². The molecule has 106 valence electrons. The number of rotatable bonds is 7. The number of aliphatic hydroxyl groups excluding tert-OH is 1. The highest BCUT2D eigenvalue weighted by Gasteiger charge is 2.08. The maximum Gasteiger partial charge on any atom is 0.141 e. The number of ether oxygens (including phenoxy) is 2. The van der Waals surface area contributed by atoms with E-state index in [0.29, 0.717) is 41.2 Å². The highest BCUT2D eigenvalue weighted by atomic mass is 35.5. The van der Waals surface area contributed by atoms with E-state index in [0.717, 1.165) is 5.56 Å². The smallest absolute Gasteiger partial charge is 0.141 e. The van der Waals surface area contributed by atoms with E-state index in [9.17, 15) is 0 Å². The molecule has 0 heterocycles. The average molecular weight is 305 g/mol. The lowest BCUT2D eigenvalue weighted by Gasteiger charge is -2.12. The molecule has 0 fully saturated rings. The summed E-state index contributed by atoms with van der Waals surface area (Å²) < 4.78 is 11.0. The lowest BCUT2D eigenvalue weighted by molar-refractivity contribution is 0.232. The standard InChI is InChI=1S/C14H18Cl2O3/c1-10-8-12(18-7-4-11(2)15)9-13(16)14(10)19-6-3-5-17/h4,8-9,17H,3,5-7H2,1-2H3/b11-4+. The monoisotopic (exact) mass is 304 g/mol. The summed E-state index contributed by atoms with van der Waals surface area (Å²) in [7, 11) is 0. The first-order valence-corrected chi connectivity index (χ1v) is 6.79. The third-order valence-electron chi connectivity index (χ3n) is 2.37. The molecular weight excluding hydrogens is 287 g/mol. The Hall–Kier alpha value is -0.900. The summed E-state index contributed by atoms with van der Waals surface area (Å²) in [4.78, 5) is 0. The molecule has 19 heavy (non-hydrogen) atoms. The Balaban J connectivity index is 2.70. The van der Waals surface area contributed by atoms with Crippen LogP contribution in [-0.4, -0.2) is 24.9 Å². The lowest BCUT2D eigenvalue weighted by atomic mass is 10.2. The summed E-state index contributed by atoms with van der Waals surface area (Å²) in [5.41, 5.74) is 0.895. The molecule has 0 aliphatic carbocycles. The van der Waals surface area contributed by atoms with Crippen LogP contribution in [0.25, 0.3) is 0 Å². The van der Waals surface area contributed by atoms with Gasteiger partial charge in [0.15, 0.2) is 0 Å². The Kier molecular flexibility index (Phi) is 7.06. The van der Waals surface area contributed by atoms with Gasteiger partial charge < -0.3 is 14.6 Å². The third-order valence-corrected chi connectivity index (χ3v) is 2.80. The van der Waals surface area contributed by atoms with Gasteiger partial charge in [-0.25, -0.2) is 0 Å². The summed E-state index contributed by atoms with van der Waals surface area (Å²) in [6, 6.07) is 3.57. The van der Waals surface area contributed by atoms with E-state index >= 15 is 0 Å². The van der Waals surface area contributed by atoms with Crippen LogP contribution in [0.15, 0.2) is 23.2 Å². The largest absolute Gasteiger partial charge is 0.492 e. The number of aliphatic hydroxyl groups is 1. The number of hydrogen-bond donors (Lipinski definition) is 1. The minimum Gasteiger partial charge on any atom is -0.492 e. The molecule has 0 radical (unpaired) electrons. The molecule has 0 saturated heterocycles. The van der Waals surface area contributed by atoms with Crippen molar-refractivity contribution in [2.75, 3.05) is 19.8 Å². The van der Waals surface area contributed by atoms with Crippen LogP contribution in [-0.2, 0) is 0 Å². The topological polar surface area (TPSA) is 38.7 Å². The van der Waals surface area contributed by atoms with Crippen molar-refractivity contribution in [3.63, 3.8) is 0 Å². The second-order valence-corrected chi connectivity index (χ2v) is 5.08. The molecule has 0 aliphatic heterocycles. The summed E-state index contributed by atoms with van der Waals surface area (Å²) in [6.45, 7) is 4.63. The minimum atomic E-state index is 0.0992. The zero-order chi connectivity index (χ0) is 14.3. The van der Waals surface area contributed by atoms with Gasteiger partial charge in [-0.05, 0) is 31.6 Å². The zero-order valence-corrected chi connectivity index (χ0v) is 12.6. The van der Waals surface area contributed by atoms with Gasteiger partial charge in [-0.15, -0.1) is 0 Å². The first-order chi connectivity index (χ1) is 9.04. The van der Waals surface area contributed by atoms with Crippen LogP contribution in [0.1, 0.15) is 18.9 Å². The molecule has 1 aromatic carbocycles. The van der Waals surface area contributed by atoms with E-state index in [1.54, 1.807) is 19.1 Å². The van der Waals surface area contributed by atoms with Gasteiger partial charge in [-0.3, -0.25) is 0 Å². The molecule has 0 saturated carbocycles. The van der Waals surface area contributed by atoms with Crippen molar-refractivity contribution in [1.29, 1.82) is 0 Å². The van der Waals surface area contributed by atoms with Gasteiger partial charge in [0.1, 0.15) is 18.1 Å². The van der Waals surface area contributed by atoms with Gasteiger partial charge in [-0.1, -0.05) is 23.2 Å². The van der Waals surface area contributed by atoms with Crippen LogP contribution in [0.2, 0.25) is 5.02 Å². The fraction of sp³-hybridized carbons (Fsp3) is 0.429. The molecule has 3 nitrogen and oxygen atoms in total. The van der Waals surface area contributed by atoms with Crippen molar-refractivity contribution in [2.45, 2.75) is 20.3 Å².